The highest BCUT2D eigenvalue weighted by molar-refractivity contribution is 5.31. The Morgan fingerprint density at radius 3 is 2.19 bits per heavy atom. The second-order valence-corrected chi connectivity index (χ2v) is 5.46. The van der Waals surface area contributed by atoms with E-state index in [2.05, 4.69) is 39.8 Å². The molecule has 0 aliphatic carbocycles. The Labute approximate surface area is 99.5 Å². The normalized spacial score (nSPS) is 15.1. The van der Waals surface area contributed by atoms with Crippen LogP contribution in [0.5, 0.6) is 5.75 Å². The molecule has 90 valence electrons. The molecule has 1 heteroatoms. The number of phenols is 1. The molecule has 1 aromatic rings. The van der Waals surface area contributed by atoms with Crippen molar-refractivity contribution in [1.82, 2.24) is 0 Å². The van der Waals surface area contributed by atoms with E-state index in [4.69, 9.17) is 0 Å². The molecule has 1 N–H and O–H groups in total. The lowest BCUT2D eigenvalue weighted by Crippen LogP contribution is -2.23. The Kier molecular flexibility index (Phi) is 4.40. The van der Waals surface area contributed by atoms with Gasteiger partial charge in [0.05, 0.1) is 0 Å². The van der Waals surface area contributed by atoms with Crippen LogP contribution < -0.4 is 0 Å². The Bertz CT molecular complexity index is 313. The molecule has 16 heavy (non-hydrogen) atoms. The summed E-state index contributed by atoms with van der Waals surface area (Å²) in [5, 5.41) is 9.33. The number of aromatic hydroxyl groups is 1. The first-order valence-electron chi connectivity index (χ1n) is 6.27. The minimum atomic E-state index is 0.247. The maximum atomic E-state index is 9.33. The summed E-state index contributed by atoms with van der Waals surface area (Å²) in [6.45, 7) is 9.12. The van der Waals surface area contributed by atoms with Crippen molar-refractivity contribution in [2.75, 3.05) is 0 Å². The van der Waals surface area contributed by atoms with Gasteiger partial charge < -0.3 is 5.11 Å². The van der Waals surface area contributed by atoms with Crippen LogP contribution in [0, 0.1) is 5.92 Å². The minimum absolute atomic E-state index is 0.247. The molecule has 0 spiro atoms. The van der Waals surface area contributed by atoms with Crippen LogP contribution in [0.15, 0.2) is 24.3 Å². The number of rotatable bonds is 5. The monoisotopic (exact) mass is 220 g/mol. The van der Waals surface area contributed by atoms with Gasteiger partial charge in [0.15, 0.2) is 0 Å². The van der Waals surface area contributed by atoms with Crippen LogP contribution in [0.2, 0.25) is 0 Å². The van der Waals surface area contributed by atoms with E-state index in [0.717, 1.165) is 0 Å². The maximum absolute atomic E-state index is 9.33. The minimum Gasteiger partial charge on any atom is -0.508 e. The predicted octanol–water partition coefficient (Wildman–Crippen LogP) is 4.50. The van der Waals surface area contributed by atoms with Crippen molar-refractivity contribution in [3.05, 3.63) is 29.8 Å². The quantitative estimate of drug-likeness (QED) is 0.774. The molecule has 0 aliphatic rings. The molecule has 0 heterocycles. The zero-order valence-electron chi connectivity index (χ0n) is 11.0. The third-order valence-electron chi connectivity index (χ3n) is 3.22. The number of hydrogen-bond donors (Lipinski definition) is 1. The second kappa shape index (κ2) is 5.38. The van der Waals surface area contributed by atoms with Crippen LogP contribution in [0.4, 0.5) is 0 Å². The largest absolute Gasteiger partial charge is 0.508 e. The van der Waals surface area contributed by atoms with Crippen LogP contribution in [-0.4, -0.2) is 5.11 Å². The molecule has 0 saturated heterocycles. The molecule has 1 unspecified atom stereocenters. The SMILES string of the molecule is CCCC(C)(CC(C)C)c1ccc(O)cc1. The van der Waals surface area contributed by atoms with E-state index in [-0.39, 0.29) is 5.41 Å². The highest BCUT2D eigenvalue weighted by Gasteiger charge is 2.26. The highest BCUT2D eigenvalue weighted by Crippen LogP contribution is 2.35. The standard InChI is InChI=1S/C15H24O/c1-5-10-15(4,11-12(2)3)13-6-8-14(16)9-7-13/h6-9,12,16H,5,10-11H2,1-4H3. The van der Waals surface area contributed by atoms with Gasteiger partial charge in [0.25, 0.3) is 0 Å². The fraction of sp³-hybridized carbons (Fsp3) is 0.600. The Morgan fingerprint density at radius 1 is 1.19 bits per heavy atom. The zero-order chi connectivity index (χ0) is 12.2. The third-order valence-corrected chi connectivity index (χ3v) is 3.22. The van der Waals surface area contributed by atoms with Crippen molar-refractivity contribution in [3.63, 3.8) is 0 Å². The third kappa shape index (κ3) is 3.26. The van der Waals surface area contributed by atoms with E-state index in [0.29, 0.717) is 11.7 Å². The smallest absolute Gasteiger partial charge is 0.115 e. The van der Waals surface area contributed by atoms with Crippen molar-refractivity contribution in [2.45, 2.75) is 52.4 Å². The van der Waals surface area contributed by atoms with Gasteiger partial charge in [-0.25, -0.2) is 0 Å². The first-order chi connectivity index (χ1) is 7.48. The summed E-state index contributed by atoms with van der Waals surface area (Å²) in [5.41, 5.74) is 1.59. The lowest BCUT2D eigenvalue weighted by atomic mass is 9.73. The summed E-state index contributed by atoms with van der Waals surface area (Å²) >= 11 is 0. The van der Waals surface area contributed by atoms with Gasteiger partial charge in [-0.1, -0.05) is 46.2 Å². The molecule has 0 saturated carbocycles. The molecule has 0 bridgehead atoms. The van der Waals surface area contributed by atoms with E-state index >= 15 is 0 Å². The number of hydrogen-bond acceptors (Lipinski definition) is 1. The summed E-state index contributed by atoms with van der Waals surface area (Å²) in [5.74, 6) is 1.05. The Morgan fingerprint density at radius 2 is 1.75 bits per heavy atom. The van der Waals surface area contributed by atoms with Crippen LogP contribution in [0.3, 0.4) is 0 Å². The van der Waals surface area contributed by atoms with E-state index in [1.807, 2.05) is 0 Å². The molecular formula is C15H24O. The molecule has 0 amide bonds. The average molecular weight is 220 g/mol. The van der Waals surface area contributed by atoms with Gasteiger partial charge in [0.1, 0.15) is 5.75 Å². The zero-order valence-corrected chi connectivity index (χ0v) is 11.0. The molecule has 0 radical (unpaired) electrons. The molecule has 0 aromatic heterocycles. The molecular weight excluding hydrogens is 196 g/mol. The van der Waals surface area contributed by atoms with Crippen LogP contribution in [0.1, 0.15) is 52.5 Å². The summed E-state index contributed by atoms with van der Waals surface area (Å²) in [4.78, 5) is 0. The van der Waals surface area contributed by atoms with E-state index in [9.17, 15) is 5.11 Å². The highest BCUT2D eigenvalue weighted by atomic mass is 16.3. The van der Waals surface area contributed by atoms with Crippen LogP contribution in [-0.2, 0) is 5.41 Å². The summed E-state index contributed by atoms with van der Waals surface area (Å²) in [7, 11) is 0. The van der Waals surface area contributed by atoms with Crippen LogP contribution >= 0.6 is 0 Å². The molecule has 0 aliphatic heterocycles. The van der Waals surface area contributed by atoms with E-state index in [1.165, 1.54) is 24.8 Å². The van der Waals surface area contributed by atoms with E-state index < -0.39 is 0 Å². The Hall–Kier alpha value is -0.980. The summed E-state index contributed by atoms with van der Waals surface area (Å²) in [6, 6.07) is 7.72. The van der Waals surface area contributed by atoms with Gasteiger partial charge in [-0.15, -0.1) is 0 Å². The van der Waals surface area contributed by atoms with Gasteiger partial charge in [0, 0.05) is 0 Å². The lowest BCUT2D eigenvalue weighted by Gasteiger charge is -2.32. The average Bonchev–Trinajstić information content (AvgIpc) is 2.17. The predicted molar refractivity (Wildman–Crippen MR) is 69.8 cm³/mol. The first kappa shape index (κ1) is 13.1. The van der Waals surface area contributed by atoms with Gasteiger partial charge >= 0.3 is 0 Å². The lowest BCUT2D eigenvalue weighted by molar-refractivity contribution is 0.341. The summed E-state index contributed by atoms with van der Waals surface area (Å²) < 4.78 is 0. The van der Waals surface area contributed by atoms with Crippen molar-refractivity contribution >= 4 is 0 Å². The van der Waals surface area contributed by atoms with Gasteiger partial charge in [-0.3, -0.25) is 0 Å². The molecule has 1 rings (SSSR count). The number of benzene rings is 1. The molecule has 1 aromatic carbocycles. The van der Waals surface area contributed by atoms with Gasteiger partial charge in [0.2, 0.25) is 0 Å². The van der Waals surface area contributed by atoms with Crippen molar-refractivity contribution in [1.29, 1.82) is 0 Å². The molecule has 1 atom stereocenters. The van der Waals surface area contributed by atoms with Crippen molar-refractivity contribution in [3.8, 4) is 5.75 Å². The van der Waals surface area contributed by atoms with Crippen molar-refractivity contribution < 1.29 is 5.11 Å². The Balaban J connectivity index is 2.95. The fourth-order valence-electron chi connectivity index (χ4n) is 2.68. The molecule has 1 nitrogen and oxygen atoms in total. The topological polar surface area (TPSA) is 20.2 Å². The fourth-order valence-corrected chi connectivity index (χ4v) is 2.68. The second-order valence-electron chi connectivity index (χ2n) is 5.46. The maximum Gasteiger partial charge on any atom is 0.115 e. The summed E-state index contributed by atoms with van der Waals surface area (Å²) in [6.07, 6.45) is 3.60. The first-order valence-corrected chi connectivity index (χ1v) is 6.27. The number of phenolic OH excluding ortho intramolecular Hbond substituents is 1. The van der Waals surface area contributed by atoms with Gasteiger partial charge in [-0.2, -0.15) is 0 Å². The molecule has 0 fully saturated rings. The van der Waals surface area contributed by atoms with Gasteiger partial charge in [-0.05, 0) is 41.9 Å². The van der Waals surface area contributed by atoms with Crippen molar-refractivity contribution in [2.24, 2.45) is 5.92 Å². The van der Waals surface area contributed by atoms with Crippen LogP contribution in [0.25, 0.3) is 0 Å². The van der Waals surface area contributed by atoms with E-state index in [1.54, 1.807) is 12.1 Å².